The Bertz CT molecular complexity index is 476. The number of carbonyl (C=O) groups is 1. The largest absolute Gasteiger partial charge is 0.351 e. The third kappa shape index (κ3) is 13.0. The van der Waals surface area contributed by atoms with Crippen LogP contribution >= 0.6 is 15.9 Å². The van der Waals surface area contributed by atoms with Crippen LogP contribution in [0.3, 0.4) is 0 Å². The Morgan fingerprint density at radius 3 is 1.70 bits per heavy atom. The van der Waals surface area contributed by atoms with E-state index in [2.05, 4.69) is 38.4 Å². The minimum Gasteiger partial charge on any atom is -0.351 e. The summed E-state index contributed by atoms with van der Waals surface area (Å²) in [5.74, 6) is -0.0830. The number of amides is 1. The minimum absolute atomic E-state index is 0.0830. The molecule has 0 atom stereocenters. The van der Waals surface area contributed by atoms with Crippen molar-refractivity contribution >= 4 is 21.8 Å². The molecule has 0 saturated carbocycles. The van der Waals surface area contributed by atoms with Crippen molar-refractivity contribution in [3.05, 3.63) is 16.4 Å². The number of aromatic amines is 1. The average Bonchev–Trinajstić information content (AvgIpc) is 3.10. The molecule has 0 radical (unpaired) electrons. The lowest BCUT2D eigenvalue weighted by molar-refractivity contribution is 0.0947. The Labute approximate surface area is 174 Å². The molecule has 0 aliphatic carbocycles. The van der Waals surface area contributed by atoms with Gasteiger partial charge in [-0.3, -0.25) is 9.89 Å². The Balaban J connectivity index is 1.76. The fraction of sp³-hybridized carbons (Fsp3) is 0.818. The standard InChI is InChI=1S/C22H40BrN3O/c1-2-3-4-5-6-7-8-9-10-11-12-13-14-15-16-17-18-24-22(27)21-20(23)19-25-26-21/h19H,2-18H2,1H3,(H,24,27)(H,25,26). The van der Waals surface area contributed by atoms with Crippen LogP contribution in [-0.4, -0.2) is 22.6 Å². The first-order chi connectivity index (χ1) is 13.3. The molecule has 2 N–H and O–H groups in total. The van der Waals surface area contributed by atoms with Crippen LogP contribution in [0, 0.1) is 0 Å². The van der Waals surface area contributed by atoms with Crippen molar-refractivity contribution in [2.45, 2.75) is 110 Å². The number of hydrogen-bond acceptors (Lipinski definition) is 2. The molecule has 0 aliphatic rings. The van der Waals surface area contributed by atoms with Gasteiger partial charge in [-0.05, 0) is 22.4 Å². The molecule has 1 aromatic rings. The van der Waals surface area contributed by atoms with Crippen LogP contribution in [-0.2, 0) is 0 Å². The molecule has 0 spiro atoms. The normalized spacial score (nSPS) is 11.0. The van der Waals surface area contributed by atoms with E-state index in [0.29, 0.717) is 10.2 Å². The van der Waals surface area contributed by atoms with E-state index in [0.717, 1.165) is 13.0 Å². The highest BCUT2D eigenvalue weighted by Crippen LogP contribution is 2.14. The first kappa shape index (κ1) is 24.2. The number of halogens is 1. The Kier molecular flexibility index (Phi) is 15.5. The Hall–Kier alpha value is -0.840. The maximum Gasteiger partial charge on any atom is 0.270 e. The van der Waals surface area contributed by atoms with Gasteiger partial charge in [0.05, 0.1) is 10.7 Å². The summed E-state index contributed by atoms with van der Waals surface area (Å²) in [4.78, 5) is 11.9. The van der Waals surface area contributed by atoms with Crippen LogP contribution in [0.2, 0.25) is 0 Å². The van der Waals surface area contributed by atoms with Crippen LogP contribution in [0.4, 0.5) is 0 Å². The lowest BCUT2D eigenvalue weighted by atomic mass is 10.0. The van der Waals surface area contributed by atoms with E-state index in [1.54, 1.807) is 6.20 Å². The maximum atomic E-state index is 11.9. The molecule has 1 heterocycles. The third-order valence-electron chi connectivity index (χ3n) is 5.14. The highest BCUT2D eigenvalue weighted by Gasteiger charge is 2.10. The van der Waals surface area contributed by atoms with Crippen LogP contribution in [0.1, 0.15) is 120 Å². The first-order valence-corrected chi connectivity index (χ1v) is 12.0. The van der Waals surface area contributed by atoms with E-state index in [4.69, 9.17) is 0 Å². The lowest BCUT2D eigenvalue weighted by Gasteiger charge is -2.05. The molecular weight excluding hydrogens is 402 g/mol. The van der Waals surface area contributed by atoms with E-state index in [-0.39, 0.29) is 5.91 Å². The van der Waals surface area contributed by atoms with Gasteiger partial charge in [-0.15, -0.1) is 0 Å². The topological polar surface area (TPSA) is 57.8 Å². The molecule has 27 heavy (non-hydrogen) atoms. The number of unbranched alkanes of at least 4 members (excludes halogenated alkanes) is 15. The van der Waals surface area contributed by atoms with Gasteiger partial charge in [-0.1, -0.05) is 103 Å². The number of nitrogens with one attached hydrogen (secondary N) is 2. The van der Waals surface area contributed by atoms with Gasteiger partial charge in [0.2, 0.25) is 0 Å². The number of aromatic nitrogens is 2. The van der Waals surface area contributed by atoms with E-state index in [1.165, 1.54) is 96.3 Å². The smallest absolute Gasteiger partial charge is 0.270 e. The molecule has 0 aliphatic heterocycles. The zero-order chi connectivity index (χ0) is 19.6. The molecule has 1 amide bonds. The molecule has 1 rings (SSSR count). The molecule has 0 saturated heterocycles. The van der Waals surface area contributed by atoms with Crippen LogP contribution < -0.4 is 5.32 Å². The lowest BCUT2D eigenvalue weighted by Crippen LogP contribution is -2.25. The minimum atomic E-state index is -0.0830. The number of carbonyl (C=O) groups excluding carboxylic acids is 1. The maximum absolute atomic E-state index is 11.9. The van der Waals surface area contributed by atoms with Gasteiger partial charge < -0.3 is 5.32 Å². The van der Waals surface area contributed by atoms with E-state index >= 15 is 0 Å². The van der Waals surface area contributed by atoms with Crippen molar-refractivity contribution < 1.29 is 4.79 Å². The van der Waals surface area contributed by atoms with E-state index < -0.39 is 0 Å². The summed E-state index contributed by atoms with van der Waals surface area (Å²) >= 11 is 3.30. The van der Waals surface area contributed by atoms with Gasteiger partial charge in [0.25, 0.3) is 5.91 Å². The zero-order valence-corrected chi connectivity index (χ0v) is 18.9. The molecule has 1 aromatic heterocycles. The SMILES string of the molecule is CCCCCCCCCCCCCCCCCCNC(=O)c1[nH]ncc1Br. The van der Waals surface area contributed by atoms with Gasteiger partial charge in [0.1, 0.15) is 5.69 Å². The van der Waals surface area contributed by atoms with Crippen molar-refractivity contribution in [1.82, 2.24) is 15.5 Å². The molecule has 0 fully saturated rings. The summed E-state index contributed by atoms with van der Waals surface area (Å²) in [6, 6.07) is 0. The predicted molar refractivity (Wildman–Crippen MR) is 118 cm³/mol. The van der Waals surface area contributed by atoms with Gasteiger partial charge in [-0.2, -0.15) is 5.10 Å². The van der Waals surface area contributed by atoms with Gasteiger partial charge in [-0.25, -0.2) is 0 Å². The third-order valence-corrected chi connectivity index (χ3v) is 5.74. The monoisotopic (exact) mass is 441 g/mol. The van der Waals surface area contributed by atoms with Crippen LogP contribution in [0.15, 0.2) is 10.7 Å². The highest BCUT2D eigenvalue weighted by molar-refractivity contribution is 9.10. The second kappa shape index (κ2) is 17.3. The molecule has 5 heteroatoms. The molecule has 0 unspecified atom stereocenters. The molecule has 0 bridgehead atoms. The second-order valence-corrected chi connectivity index (χ2v) is 8.51. The summed E-state index contributed by atoms with van der Waals surface area (Å²) in [6.45, 7) is 3.02. The average molecular weight is 442 g/mol. The summed E-state index contributed by atoms with van der Waals surface area (Å²) in [6.07, 6.45) is 23.4. The second-order valence-electron chi connectivity index (χ2n) is 7.65. The van der Waals surface area contributed by atoms with Crippen molar-refractivity contribution in [3.63, 3.8) is 0 Å². The zero-order valence-electron chi connectivity index (χ0n) is 17.3. The summed E-state index contributed by atoms with van der Waals surface area (Å²) in [5.41, 5.74) is 0.506. The van der Waals surface area contributed by atoms with Gasteiger partial charge >= 0.3 is 0 Å². The van der Waals surface area contributed by atoms with E-state index in [9.17, 15) is 4.79 Å². The number of nitrogens with zero attached hydrogens (tertiary/aromatic N) is 1. The molecule has 0 aromatic carbocycles. The summed E-state index contributed by atoms with van der Waals surface area (Å²) in [7, 11) is 0. The van der Waals surface area contributed by atoms with E-state index in [1.807, 2.05) is 0 Å². The molecule has 4 nitrogen and oxygen atoms in total. The van der Waals surface area contributed by atoms with Gasteiger partial charge in [0, 0.05) is 6.54 Å². The number of hydrogen-bond donors (Lipinski definition) is 2. The number of rotatable bonds is 18. The van der Waals surface area contributed by atoms with Crippen LogP contribution in [0.25, 0.3) is 0 Å². The Morgan fingerprint density at radius 2 is 1.30 bits per heavy atom. The fourth-order valence-corrected chi connectivity index (χ4v) is 3.77. The Morgan fingerprint density at radius 1 is 0.852 bits per heavy atom. The molecule has 156 valence electrons. The summed E-state index contributed by atoms with van der Waals surface area (Å²) in [5, 5.41) is 9.48. The van der Waals surface area contributed by atoms with Crippen molar-refractivity contribution in [2.24, 2.45) is 0 Å². The van der Waals surface area contributed by atoms with Crippen molar-refractivity contribution in [1.29, 1.82) is 0 Å². The molecular formula is C22H40BrN3O. The fourth-order valence-electron chi connectivity index (χ4n) is 3.39. The number of H-pyrrole nitrogens is 1. The van der Waals surface area contributed by atoms with Crippen molar-refractivity contribution in [2.75, 3.05) is 6.54 Å². The van der Waals surface area contributed by atoms with Gasteiger partial charge in [0.15, 0.2) is 0 Å². The van der Waals surface area contributed by atoms with Crippen molar-refractivity contribution in [3.8, 4) is 0 Å². The first-order valence-electron chi connectivity index (χ1n) is 11.2. The summed E-state index contributed by atoms with van der Waals surface area (Å²) < 4.78 is 0.715. The van der Waals surface area contributed by atoms with Crippen LogP contribution in [0.5, 0.6) is 0 Å². The quantitative estimate of drug-likeness (QED) is 0.237. The highest BCUT2D eigenvalue weighted by atomic mass is 79.9. The predicted octanol–water partition coefficient (Wildman–Crippen LogP) is 7.16.